The van der Waals surface area contributed by atoms with Gasteiger partial charge < -0.3 is 5.32 Å². The number of halogens is 1. The summed E-state index contributed by atoms with van der Waals surface area (Å²) in [5, 5.41) is 4.28. The highest BCUT2D eigenvalue weighted by molar-refractivity contribution is 6.35. The lowest BCUT2D eigenvalue weighted by molar-refractivity contribution is 0.353. The molecule has 1 aliphatic rings. The first-order chi connectivity index (χ1) is 10.1. The molecule has 1 unspecified atom stereocenters. The van der Waals surface area contributed by atoms with Crippen LogP contribution in [-0.4, -0.2) is 21.7 Å². The maximum atomic E-state index is 12.6. The quantitative estimate of drug-likeness (QED) is 0.914. The minimum absolute atomic E-state index is 0.181. The van der Waals surface area contributed by atoms with Gasteiger partial charge in [0, 0.05) is 19.6 Å². The van der Waals surface area contributed by atoms with Gasteiger partial charge in [0.25, 0.3) is 5.56 Å². The van der Waals surface area contributed by atoms with E-state index in [1.54, 1.807) is 25.2 Å². The number of nitrogens with one attached hydrogen (secondary N) is 1. The predicted octanol–water partition coefficient (Wildman–Crippen LogP) is 1.50. The number of hydrogen-bond acceptors (Lipinski definition) is 3. The Bertz CT molecular complexity index is 788. The van der Waals surface area contributed by atoms with Crippen molar-refractivity contribution in [1.29, 1.82) is 0 Å². The number of para-hydroxylation sites is 1. The van der Waals surface area contributed by atoms with Crippen molar-refractivity contribution in [3.8, 4) is 0 Å². The highest BCUT2D eigenvalue weighted by Crippen LogP contribution is 2.19. The molecular weight excluding hydrogens is 290 g/mol. The Balaban J connectivity index is 2.15. The molecule has 1 saturated heterocycles. The van der Waals surface area contributed by atoms with Crippen LogP contribution in [0, 0.1) is 0 Å². The minimum atomic E-state index is -0.312. The number of aromatic nitrogens is 2. The summed E-state index contributed by atoms with van der Waals surface area (Å²) < 4.78 is 2.78. The third-order valence-electron chi connectivity index (χ3n) is 4.13. The lowest BCUT2D eigenvalue weighted by atomic mass is 10.1. The molecule has 1 N–H and O–H groups in total. The van der Waals surface area contributed by atoms with Crippen LogP contribution in [0.25, 0.3) is 10.9 Å². The fourth-order valence-corrected chi connectivity index (χ4v) is 3.30. The molecule has 6 heteroatoms. The Kier molecular flexibility index (Phi) is 3.87. The fourth-order valence-electron chi connectivity index (χ4n) is 3.00. The molecule has 0 bridgehead atoms. The summed E-state index contributed by atoms with van der Waals surface area (Å²) in [6, 6.07) is 5.32. The van der Waals surface area contributed by atoms with E-state index in [2.05, 4.69) is 5.32 Å². The lowest BCUT2D eigenvalue weighted by Gasteiger charge is -2.24. The Morgan fingerprint density at radius 3 is 2.86 bits per heavy atom. The summed E-state index contributed by atoms with van der Waals surface area (Å²) in [7, 11) is 1.65. The molecular formula is C15H18ClN3O2. The van der Waals surface area contributed by atoms with Crippen molar-refractivity contribution < 1.29 is 0 Å². The van der Waals surface area contributed by atoms with Crippen molar-refractivity contribution in [3.63, 3.8) is 0 Å². The number of piperidine rings is 1. The molecule has 0 radical (unpaired) electrons. The van der Waals surface area contributed by atoms with Gasteiger partial charge in [-0.15, -0.1) is 0 Å². The molecule has 1 atom stereocenters. The number of nitrogens with zero attached hydrogens (tertiary/aromatic N) is 2. The molecule has 2 heterocycles. The van der Waals surface area contributed by atoms with E-state index in [1.807, 2.05) is 0 Å². The van der Waals surface area contributed by atoms with Crippen LogP contribution in [0.5, 0.6) is 0 Å². The van der Waals surface area contributed by atoms with Gasteiger partial charge in [0.15, 0.2) is 0 Å². The van der Waals surface area contributed by atoms with Crippen molar-refractivity contribution in [2.45, 2.75) is 31.8 Å². The van der Waals surface area contributed by atoms with Gasteiger partial charge in [0.2, 0.25) is 0 Å². The highest BCUT2D eigenvalue weighted by atomic mass is 35.5. The van der Waals surface area contributed by atoms with E-state index in [4.69, 9.17) is 11.6 Å². The molecule has 21 heavy (non-hydrogen) atoms. The van der Waals surface area contributed by atoms with Crippen LogP contribution < -0.4 is 16.6 Å². The SMILES string of the molecule is Cn1c(=O)n(CC2CCCCN2)c(=O)c2cccc(Cl)c21. The first-order valence-electron chi connectivity index (χ1n) is 7.21. The summed E-state index contributed by atoms with van der Waals surface area (Å²) in [6.07, 6.45) is 3.27. The van der Waals surface area contributed by atoms with Gasteiger partial charge >= 0.3 is 5.69 Å². The third-order valence-corrected chi connectivity index (χ3v) is 4.44. The smallest absolute Gasteiger partial charge is 0.312 e. The first kappa shape index (κ1) is 14.4. The summed E-state index contributed by atoms with van der Waals surface area (Å²) in [5.74, 6) is 0. The molecule has 3 rings (SSSR count). The van der Waals surface area contributed by atoms with Gasteiger partial charge in [-0.3, -0.25) is 13.9 Å². The molecule has 112 valence electrons. The van der Waals surface area contributed by atoms with E-state index in [0.717, 1.165) is 25.8 Å². The van der Waals surface area contributed by atoms with E-state index in [0.29, 0.717) is 22.5 Å². The molecule has 1 aromatic heterocycles. The molecule has 2 aromatic rings. The standard InChI is InChI=1S/C15H18ClN3O2/c1-18-13-11(6-4-7-12(13)16)14(20)19(15(18)21)9-10-5-2-3-8-17-10/h4,6-7,10,17H,2-3,5,8-9H2,1H3. The number of hydrogen-bond donors (Lipinski definition) is 1. The van der Waals surface area contributed by atoms with Crippen LogP contribution >= 0.6 is 11.6 Å². The minimum Gasteiger partial charge on any atom is -0.312 e. The fraction of sp³-hybridized carbons (Fsp3) is 0.467. The number of rotatable bonds is 2. The number of aryl methyl sites for hydroxylation is 1. The van der Waals surface area contributed by atoms with Crippen molar-refractivity contribution in [3.05, 3.63) is 44.1 Å². The monoisotopic (exact) mass is 307 g/mol. The van der Waals surface area contributed by atoms with Gasteiger partial charge in [-0.25, -0.2) is 4.79 Å². The molecule has 0 saturated carbocycles. The van der Waals surface area contributed by atoms with Crippen molar-refractivity contribution in [2.75, 3.05) is 6.54 Å². The summed E-state index contributed by atoms with van der Waals surface area (Å²) in [4.78, 5) is 25.1. The van der Waals surface area contributed by atoms with Crippen LogP contribution in [0.4, 0.5) is 0 Å². The van der Waals surface area contributed by atoms with Gasteiger partial charge in [0.1, 0.15) is 0 Å². The normalized spacial score (nSPS) is 19.0. The van der Waals surface area contributed by atoms with Crippen LogP contribution in [0.3, 0.4) is 0 Å². The Labute approximate surface area is 127 Å². The summed E-state index contributed by atoms with van der Waals surface area (Å²) >= 11 is 6.13. The largest absolute Gasteiger partial charge is 0.331 e. The van der Waals surface area contributed by atoms with E-state index in [1.165, 1.54) is 9.13 Å². The van der Waals surface area contributed by atoms with E-state index < -0.39 is 0 Å². The number of benzene rings is 1. The predicted molar refractivity (Wildman–Crippen MR) is 84.1 cm³/mol. The summed E-state index contributed by atoms with van der Waals surface area (Å²) in [5.41, 5.74) is -0.0713. The highest BCUT2D eigenvalue weighted by Gasteiger charge is 2.18. The van der Waals surface area contributed by atoms with Crippen molar-refractivity contribution >= 4 is 22.5 Å². The van der Waals surface area contributed by atoms with Crippen molar-refractivity contribution in [1.82, 2.24) is 14.5 Å². The first-order valence-corrected chi connectivity index (χ1v) is 7.59. The topological polar surface area (TPSA) is 56.0 Å². The van der Waals surface area contributed by atoms with E-state index >= 15 is 0 Å². The van der Waals surface area contributed by atoms with Crippen molar-refractivity contribution in [2.24, 2.45) is 7.05 Å². The molecule has 1 fully saturated rings. The zero-order chi connectivity index (χ0) is 15.0. The second-order valence-electron chi connectivity index (χ2n) is 5.54. The molecule has 0 spiro atoms. The average molecular weight is 308 g/mol. The van der Waals surface area contributed by atoms with Crippen LogP contribution in [-0.2, 0) is 13.6 Å². The van der Waals surface area contributed by atoms with E-state index in [-0.39, 0.29) is 17.3 Å². The zero-order valence-corrected chi connectivity index (χ0v) is 12.7. The average Bonchev–Trinajstić information content (AvgIpc) is 2.50. The number of fused-ring (bicyclic) bond motifs is 1. The van der Waals surface area contributed by atoms with Crippen LogP contribution in [0.15, 0.2) is 27.8 Å². The summed E-state index contributed by atoms with van der Waals surface area (Å²) in [6.45, 7) is 1.35. The van der Waals surface area contributed by atoms with E-state index in [9.17, 15) is 9.59 Å². The maximum absolute atomic E-state index is 12.6. The molecule has 0 aliphatic carbocycles. The maximum Gasteiger partial charge on any atom is 0.331 e. The third kappa shape index (κ3) is 2.51. The Morgan fingerprint density at radius 1 is 1.33 bits per heavy atom. The van der Waals surface area contributed by atoms with Gasteiger partial charge in [0.05, 0.1) is 15.9 Å². The van der Waals surface area contributed by atoms with Crippen LogP contribution in [0.2, 0.25) is 5.02 Å². The molecule has 1 aliphatic heterocycles. The van der Waals surface area contributed by atoms with Gasteiger partial charge in [-0.2, -0.15) is 0 Å². The molecule has 5 nitrogen and oxygen atoms in total. The molecule has 0 amide bonds. The second-order valence-corrected chi connectivity index (χ2v) is 5.95. The lowest BCUT2D eigenvalue weighted by Crippen LogP contribution is -2.46. The zero-order valence-electron chi connectivity index (χ0n) is 11.9. The van der Waals surface area contributed by atoms with Crippen LogP contribution in [0.1, 0.15) is 19.3 Å². The molecule has 1 aromatic carbocycles. The van der Waals surface area contributed by atoms with Gasteiger partial charge in [-0.1, -0.05) is 24.1 Å². The Morgan fingerprint density at radius 2 is 2.14 bits per heavy atom. The second kappa shape index (κ2) is 5.66. The Hall–Kier alpha value is -1.59. The van der Waals surface area contributed by atoms with Gasteiger partial charge in [-0.05, 0) is 31.5 Å².